The molecule has 0 aromatic carbocycles. The molecule has 0 spiro atoms. The lowest BCUT2D eigenvalue weighted by atomic mass is 10.0. The Hall–Kier alpha value is 0.170. The summed E-state index contributed by atoms with van der Waals surface area (Å²) in [6, 6.07) is 0. The summed E-state index contributed by atoms with van der Waals surface area (Å²) in [5.41, 5.74) is 0. The number of hydrogen-bond donors (Lipinski definition) is 1. The number of carboxylic acid groups (broad SMARTS) is 1. The van der Waals surface area contributed by atoms with Gasteiger partial charge in [0.05, 0.1) is 0 Å². The van der Waals surface area contributed by atoms with Gasteiger partial charge in [0.25, 0.3) is 0 Å². The van der Waals surface area contributed by atoms with Crippen molar-refractivity contribution in [2.24, 2.45) is 0 Å². The van der Waals surface area contributed by atoms with E-state index in [9.17, 15) is 9.90 Å². The first-order valence-corrected chi connectivity index (χ1v) is 7.30. The van der Waals surface area contributed by atoms with Crippen molar-refractivity contribution >= 4 is 29.5 Å². The minimum Gasteiger partial charge on any atom is -0.480 e. The van der Waals surface area contributed by atoms with Crippen LogP contribution in [0.1, 0.15) is 32.6 Å². The Bertz CT molecular complexity index is 189. The molecule has 0 saturated carbocycles. The van der Waals surface area contributed by atoms with Gasteiger partial charge in [0, 0.05) is 0 Å². The molecule has 1 fully saturated rings. The van der Waals surface area contributed by atoms with Crippen LogP contribution < -0.4 is 0 Å². The fraction of sp³-hybridized carbons (Fsp3) is 0.900. The van der Waals surface area contributed by atoms with Crippen LogP contribution in [-0.2, 0) is 4.79 Å². The Kier molecular flexibility index (Phi) is 5.17. The summed E-state index contributed by atoms with van der Waals surface area (Å²) >= 11 is 3.54. The quantitative estimate of drug-likeness (QED) is 0.742. The van der Waals surface area contributed by atoms with Gasteiger partial charge in [0.15, 0.2) is 0 Å². The number of unbranched alkanes of at least 4 members (excludes halogenated alkanes) is 1. The minimum atomic E-state index is -0.598. The van der Waals surface area contributed by atoms with Gasteiger partial charge in [0.2, 0.25) is 0 Å². The van der Waals surface area contributed by atoms with E-state index in [1.165, 1.54) is 0 Å². The summed E-state index contributed by atoms with van der Waals surface area (Å²) in [6.07, 6.45) is 3.95. The lowest BCUT2D eigenvalue weighted by Gasteiger charge is -2.32. The van der Waals surface area contributed by atoms with E-state index in [0.29, 0.717) is 0 Å². The Labute approximate surface area is 94.2 Å². The molecule has 4 heteroatoms. The number of carbonyl (C=O) groups is 1. The van der Waals surface area contributed by atoms with Crippen LogP contribution in [0.4, 0.5) is 0 Å². The molecule has 0 atom stereocenters. The first kappa shape index (κ1) is 12.2. The molecule has 1 aliphatic rings. The molecule has 1 heterocycles. The molecule has 1 rings (SSSR count). The van der Waals surface area contributed by atoms with Crippen molar-refractivity contribution in [1.29, 1.82) is 0 Å². The summed E-state index contributed by atoms with van der Waals surface area (Å²) in [7, 11) is 0. The van der Waals surface area contributed by atoms with E-state index in [0.717, 1.165) is 42.9 Å². The van der Waals surface area contributed by atoms with E-state index in [4.69, 9.17) is 0 Å². The zero-order valence-corrected chi connectivity index (χ0v) is 10.3. The molecule has 1 saturated heterocycles. The molecule has 0 amide bonds. The Morgan fingerprint density at radius 1 is 1.50 bits per heavy atom. The smallest absolute Gasteiger partial charge is 0.319 e. The third kappa shape index (κ3) is 3.09. The molecule has 0 radical (unpaired) electrons. The average molecular weight is 234 g/mol. The van der Waals surface area contributed by atoms with Crippen molar-refractivity contribution in [3.05, 3.63) is 0 Å². The second-order valence-electron chi connectivity index (χ2n) is 3.61. The minimum absolute atomic E-state index is 0.458. The highest BCUT2D eigenvalue weighted by Crippen LogP contribution is 2.39. The van der Waals surface area contributed by atoms with Crippen molar-refractivity contribution in [3.63, 3.8) is 0 Å². The number of aliphatic carboxylic acids is 1. The molecule has 0 bridgehead atoms. The summed E-state index contributed by atoms with van der Waals surface area (Å²) < 4.78 is -0.458. The molecule has 14 heavy (non-hydrogen) atoms. The van der Waals surface area contributed by atoms with E-state index in [-0.39, 0.29) is 0 Å². The van der Waals surface area contributed by atoms with Gasteiger partial charge in [-0.1, -0.05) is 13.3 Å². The van der Waals surface area contributed by atoms with Gasteiger partial charge < -0.3 is 5.11 Å². The Morgan fingerprint density at radius 2 is 2.14 bits per heavy atom. The van der Waals surface area contributed by atoms with Gasteiger partial charge in [0.1, 0.15) is 4.75 Å². The highest BCUT2D eigenvalue weighted by Gasteiger charge is 2.39. The zero-order chi connectivity index (χ0) is 10.4. The fourth-order valence-corrected chi connectivity index (χ4v) is 4.42. The van der Waals surface area contributed by atoms with Gasteiger partial charge in [-0.15, -0.1) is 11.8 Å². The van der Waals surface area contributed by atoms with Crippen LogP contribution in [0.2, 0.25) is 0 Å². The van der Waals surface area contributed by atoms with E-state index < -0.39 is 10.7 Å². The highest BCUT2D eigenvalue weighted by molar-refractivity contribution is 8.02. The monoisotopic (exact) mass is 234 g/mol. The van der Waals surface area contributed by atoms with Crippen molar-refractivity contribution in [1.82, 2.24) is 0 Å². The normalized spacial score (nSPS) is 20.6. The highest BCUT2D eigenvalue weighted by atomic mass is 32.2. The first-order chi connectivity index (χ1) is 6.71. The largest absolute Gasteiger partial charge is 0.480 e. The molecule has 0 unspecified atom stereocenters. The molecular formula is C10H18O2S2. The molecule has 1 aliphatic heterocycles. The third-order valence-corrected chi connectivity index (χ3v) is 5.18. The predicted molar refractivity (Wildman–Crippen MR) is 64.3 cm³/mol. The predicted octanol–water partition coefficient (Wildman–Crippen LogP) is 2.87. The number of hydrogen-bond acceptors (Lipinski definition) is 3. The SMILES string of the molecule is CCCCSC1(C(=O)O)CCSCC1. The third-order valence-electron chi connectivity index (χ3n) is 2.57. The molecule has 0 aromatic heterocycles. The Morgan fingerprint density at radius 3 is 2.64 bits per heavy atom. The second kappa shape index (κ2) is 5.91. The van der Waals surface area contributed by atoms with E-state index in [1.54, 1.807) is 11.8 Å². The number of thioether (sulfide) groups is 2. The van der Waals surface area contributed by atoms with Crippen LogP contribution in [0, 0.1) is 0 Å². The van der Waals surface area contributed by atoms with Gasteiger partial charge in [-0.05, 0) is 36.5 Å². The summed E-state index contributed by atoms with van der Waals surface area (Å²) in [4.78, 5) is 11.2. The summed E-state index contributed by atoms with van der Waals surface area (Å²) in [6.45, 7) is 2.14. The van der Waals surface area contributed by atoms with Gasteiger partial charge in [-0.3, -0.25) is 4.79 Å². The number of carboxylic acids is 1. The number of rotatable bonds is 5. The maximum Gasteiger partial charge on any atom is 0.319 e. The maximum atomic E-state index is 11.2. The molecule has 2 nitrogen and oxygen atoms in total. The van der Waals surface area contributed by atoms with Crippen LogP contribution in [0.5, 0.6) is 0 Å². The average Bonchev–Trinajstić information content (AvgIpc) is 2.19. The van der Waals surface area contributed by atoms with Gasteiger partial charge in [-0.25, -0.2) is 0 Å². The van der Waals surface area contributed by atoms with Crippen molar-refractivity contribution < 1.29 is 9.90 Å². The Balaban J connectivity index is 2.47. The molecule has 0 aromatic rings. The lowest BCUT2D eigenvalue weighted by Crippen LogP contribution is -2.39. The second-order valence-corrected chi connectivity index (χ2v) is 6.32. The molecule has 1 N–H and O–H groups in total. The standard InChI is InChI=1S/C10H18O2S2/c1-2-3-6-14-10(9(11)12)4-7-13-8-5-10/h2-8H2,1H3,(H,11,12). The molecule has 0 aliphatic carbocycles. The van der Waals surface area contributed by atoms with Crippen LogP contribution in [-0.4, -0.2) is 33.1 Å². The van der Waals surface area contributed by atoms with Crippen molar-refractivity contribution in [2.75, 3.05) is 17.3 Å². The van der Waals surface area contributed by atoms with Crippen LogP contribution in [0.3, 0.4) is 0 Å². The zero-order valence-electron chi connectivity index (χ0n) is 8.62. The van der Waals surface area contributed by atoms with Crippen molar-refractivity contribution in [2.45, 2.75) is 37.4 Å². The summed E-state index contributed by atoms with van der Waals surface area (Å²) in [5.74, 6) is 2.41. The summed E-state index contributed by atoms with van der Waals surface area (Å²) in [5, 5.41) is 9.26. The van der Waals surface area contributed by atoms with Gasteiger partial charge >= 0.3 is 5.97 Å². The first-order valence-electron chi connectivity index (χ1n) is 5.16. The fourth-order valence-electron chi connectivity index (χ4n) is 1.53. The maximum absolute atomic E-state index is 11.2. The van der Waals surface area contributed by atoms with Crippen LogP contribution in [0.25, 0.3) is 0 Å². The van der Waals surface area contributed by atoms with Crippen LogP contribution in [0.15, 0.2) is 0 Å². The van der Waals surface area contributed by atoms with Crippen LogP contribution >= 0.6 is 23.5 Å². The van der Waals surface area contributed by atoms with E-state index >= 15 is 0 Å². The topological polar surface area (TPSA) is 37.3 Å². The van der Waals surface area contributed by atoms with Crippen molar-refractivity contribution in [3.8, 4) is 0 Å². The van der Waals surface area contributed by atoms with E-state index in [2.05, 4.69) is 6.92 Å². The van der Waals surface area contributed by atoms with Gasteiger partial charge in [-0.2, -0.15) is 11.8 Å². The lowest BCUT2D eigenvalue weighted by molar-refractivity contribution is -0.140. The van der Waals surface area contributed by atoms with E-state index in [1.807, 2.05) is 11.8 Å². The molecule has 82 valence electrons. The molecular weight excluding hydrogens is 216 g/mol.